The molecule has 0 unspecified atom stereocenters. The van der Waals surface area contributed by atoms with Gasteiger partial charge in [0.2, 0.25) is 0 Å². The molecule has 0 aliphatic heterocycles. The quantitative estimate of drug-likeness (QED) is 0.652. The molecule has 1 aromatic rings. The third-order valence-corrected chi connectivity index (χ3v) is 1.88. The summed E-state index contributed by atoms with van der Waals surface area (Å²) in [6.07, 6.45) is 2.00. The summed E-state index contributed by atoms with van der Waals surface area (Å²) in [5.74, 6) is -0.703. The lowest BCUT2D eigenvalue weighted by molar-refractivity contribution is 0.0472. The van der Waals surface area contributed by atoms with Crippen molar-refractivity contribution in [1.82, 2.24) is 0 Å². The average Bonchev–Trinajstić information content (AvgIpc) is 2.89. The molecule has 68 valence electrons. The number of hydrogen-bond donors (Lipinski definition) is 0. The standard InChI is InChI=1S/C10H9FO2/c11-8-3-1-7(2-4-8)10(12)13-9-5-6-9/h1-4,9H,5-6H2. The van der Waals surface area contributed by atoms with Gasteiger partial charge in [0.1, 0.15) is 11.9 Å². The van der Waals surface area contributed by atoms with Gasteiger partial charge in [-0.2, -0.15) is 0 Å². The predicted octanol–water partition coefficient (Wildman–Crippen LogP) is 2.14. The molecule has 2 nitrogen and oxygen atoms in total. The Balaban J connectivity index is 2.05. The number of esters is 1. The molecule has 0 N–H and O–H groups in total. The summed E-state index contributed by atoms with van der Waals surface area (Å²) < 4.78 is 17.5. The van der Waals surface area contributed by atoms with Crippen molar-refractivity contribution in [1.29, 1.82) is 0 Å². The van der Waals surface area contributed by atoms with Crippen molar-refractivity contribution in [2.24, 2.45) is 0 Å². The van der Waals surface area contributed by atoms with E-state index in [0.717, 1.165) is 12.8 Å². The lowest BCUT2D eigenvalue weighted by atomic mass is 10.2. The van der Waals surface area contributed by atoms with Crippen molar-refractivity contribution in [2.75, 3.05) is 0 Å². The summed E-state index contributed by atoms with van der Waals surface area (Å²) in [7, 11) is 0. The number of carbonyl (C=O) groups is 1. The lowest BCUT2D eigenvalue weighted by Gasteiger charge is -2.01. The van der Waals surface area contributed by atoms with Gasteiger partial charge in [0.05, 0.1) is 5.56 Å². The normalized spacial score (nSPS) is 15.5. The van der Waals surface area contributed by atoms with Crippen LogP contribution in [0.4, 0.5) is 4.39 Å². The number of carbonyl (C=O) groups excluding carboxylic acids is 1. The molecule has 0 saturated heterocycles. The van der Waals surface area contributed by atoms with E-state index < -0.39 is 0 Å². The van der Waals surface area contributed by atoms with Crippen LogP contribution in [-0.2, 0) is 4.74 Å². The van der Waals surface area contributed by atoms with Gasteiger partial charge >= 0.3 is 5.97 Å². The van der Waals surface area contributed by atoms with Crippen molar-refractivity contribution in [3.63, 3.8) is 0 Å². The van der Waals surface area contributed by atoms with Gasteiger partial charge in [-0.3, -0.25) is 0 Å². The molecule has 0 radical (unpaired) electrons. The van der Waals surface area contributed by atoms with Crippen LogP contribution in [0.15, 0.2) is 24.3 Å². The molecule has 1 fully saturated rings. The molecular weight excluding hydrogens is 171 g/mol. The van der Waals surface area contributed by atoms with E-state index in [9.17, 15) is 9.18 Å². The van der Waals surface area contributed by atoms with Crippen LogP contribution in [-0.4, -0.2) is 12.1 Å². The Morgan fingerprint density at radius 2 is 1.92 bits per heavy atom. The van der Waals surface area contributed by atoms with Gasteiger partial charge < -0.3 is 4.74 Å². The number of hydrogen-bond acceptors (Lipinski definition) is 2. The minimum atomic E-state index is -0.359. The van der Waals surface area contributed by atoms with Gasteiger partial charge in [0.25, 0.3) is 0 Å². The molecule has 0 heterocycles. The van der Waals surface area contributed by atoms with Gasteiger partial charge in [0.15, 0.2) is 0 Å². The predicted molar refractivity (Wildman–Crippen MR) is 44.8 cm³/mol. The summed E-state index contributed by atoms with van der Waals surface area (Å²) in [5, 5.41) is 0. The number of rotatable bonds is 2. The molecule has 3 heteroatoms. The fourth-order valence-corrected chi connectivity index (χ4v) is 0.991. The highest BCUT2D eigenvalue weighted by Crippen LogP contribution is 2.24. The fourth-order valence-electron chi connectivity index (χ4n) is 0.991. The van der Waals surface area contributed by atoms with Crippen LogP contribution in [0.25, 0.3) is 0 Å². The van der Waals surface area contributed by atoms with E-state index in [0.29, 0.717) is 5.56 Å². The van der Waals surface area contributed by atoms with Crippen molar-refractivity contribution in [3.8, 4) is 0 Å². The number of halogens is 1. The van der Waals surface area contributed by atoms with E-state index in [2.05, 4.69) is 0 Å². The summed E-state index contributed by atoms with van der Waals surface area (Å²) in [4.78, 5) is 11.3. The van der Waals surface area contributed by atoms with E-state index >= 15 is 0 Å². The Hall–Kier alpha value is -1.38. The van der Waals surface area contributed by atoms with Gasteiger partial charge in [0, 0.05) is 0 Å². The van der Waals surface area contributed by atoms with Gasteiger partial charge in [-0.05, 0) is 37.1 Å². The second-order valence-electron chi connectivity index (χ2n) is 3.11. The largest absolute Gasteiger partial charge is 0.459 e. The Labute approximate surface area is 75.3 Å². The third-order valence-electron chi connectivity index (χ3n) is 1.88. The molecule has 0 amide bonds. The van der Waals surface area contributed by atoms with E-state index in [4.69, 9.17) is 4.74 Å². The van der Waals surface area contributed by atoms with E-state index in [1.165, 1.54) is 24.3 Å². The van der Waals surface area contributed by atoms with E-state index in [1.807, 2.05) is 0 Å². The first-order chi connectivity index (χ1) is 6.25. The van der Waals surface area contributed by atoms with Crippen LogP contribution in [0.2, 0.25) is 0 Å². The Morgan fingerprint density at radius 1 is 1.31 bits per heavy atom. The van der Waals surface area contributed by atoms with Gasteiger partial charge in [-0.25, -0.2) is 9.18 Å². The molecule has 1 aliphatic carbocycles. The highest BCUT2D eigenvalue weighted by Gasteiger charge is 2.26. The first-order valence-electron chi connectivity index (χ1n) is 4.22. The molecular formula is C10H9FO2. The molecule has 1 aliphatic rings. The molecule has 1 saturated carbocycles. The highest BCUT2D eigenvalue weighted by molar-refractivity contribution is 5.89. The topological polar surface area (TPSA) is 26.3 Å². The average molecular weight is 180 g/mol. The highest BCUT2D eigenvalue weighted by atomic mass is 19.1. The smallest absolute Gasteiger partial charge is 0.338 e. The van der Waals surface area contributed by atoms with Crippen LogP contribution in [0, 0.1) is 5.82 Å². The van der Waals surface area contributed by atoms with Crippen LogP contribution in [0.5, 0.6) is 0 Å². The molecule has 0 aromatic heterocycles. The summed E-state index contributed by atoms with van der Waals surface area (Å²) >= 11 is 0. The van der Waals surface area contributed by atoms with E-state index in [-0.39, 0.29) is 17.9 Å². The monoisotopic (exact) mass is 180 g/mol. The second-order valence-corrected chi connectivity index (χ2v) is 3.11. The molecule has 0 bridgehead atoms. The number of benzene rings is 1. The van der Waals surface area contributed by atoms with Crippen LogP contribution in [0.3, 0.4) is 0 Å². The van der Waals surface area contributed by atoms with Crippen LogP contribution >= 0.6 is 0 Å². The van der Waals surface area contributed by atoms with Gasteiger partial charge in [-0.1, -0.05) is 0 Å². The molecule has 1 aromatic carbocycles. The summed E-state index contributed by atoms with van der Waals surface area (Å²) in [5.41, 5.74) is 0.410. The number of ether oxygens (including phenoxy) is 1. The fraction of sp³-hybridized carbons (Fsp3) is 0.300. The Morgan fingerprint density at radius 3 is 2.46 bits per heavy atom. The van der Waals surface area contributed by atoms with Crippen LogP contribution in [0.1, 0.15) is 23.2 Å². The van der Waals surface area contributed by atoms with Crippen molar-refractivity contribution in [3.05, 3.63) is 35.6 Å². The SMILES string of the molecule is O=C(OC1CC1)c1ccc(F)cc1. The Kier molecular flexibility index (Phi) is 2.00. The minimum absolute atomic E-state index is 0.0950. The summed E-state index contributed by atoms with van der Waals surface area (Å²) in [6, 6.07) is 5.37. The zero-order chi connectivity index (χ0) is 9.26. The maximum absolute atomic E-state index is 12.5. The van der Waals surface area contributed by atoms with Crippen LogP contribution < -0.4 is 0 Å². The molecule has 0 spiro atoms. The zero-order valence-electron chi connectivity index (χ0n) is 7.00. The molecule has 2 rings (SSSR count). The van der Waals surface area contributed by atoms with Crippen molar-refractivity contribution >= 4 is 5.97 Å². The molecule has 0 atom stereocenters. The lowest BCUT2D eigenvalue weighted by Crippen LogP contribution is -2.06. The van der Waals surface area contributed by atoms with Crippen molar-refractivity contribution in [2.45, 2.75) is 18.9 Å². The van der Waals surface area contributed by atoms with Gasteiger partial charge in [-0.15, -0.1) is 0 Å². The zero-order valence-corrected chi connectivity index (χ0v) is 7.00. The minimum Gasteiger partial charge on any atom is -0.459 e. The van der Waals surface area contributed by atoms with Crippen molar-refractivity contribution < 1.29 is 13.9 Å². The first kappa shape index (κ1) is 8.23. The van der Waals surface area contributed by atoms with E-state index in [1.54, 1.807) is 0 Å². The maximum atomic E-state index is 12.5. The molecule has 13 heavy (non-hydrogen) atoms. The Bertz CT molecular complexity index is 314. The maximum Gasteiger partial charge on any atom is 0.338 e. The second kappa shape index (κ2) is 3.17. The first-order valence-corrected chi connectivity index (χ1v) is 4.22. The third kappa shape index (κ3) is 2.05. The summed E-state index contributed by atoms with van der Waals surface area (Å²) in [6.45, 7) is 0.